The van der Waals surface area contributed by atoms with E-state index in [1.54, 1.807) is 29.2 Å². The number of para-hydroxylation sites is 1. The fourth-order valence-electron chi connectivity index (χ4n) is 3.22. The van der Waals surface area contributed by atoms with Crippen molar-refractivity contribution in [2.45, 2.75) is 57.8 Å². The van der Waals surface area contributed by atoms with Crippen LogP contribution in [0.5, 0.6) is 0 Å². The normalized spacial score (nSPS) is 15.2. The highest BCUT2D eigenvalue weighted by atomic mass is 32.2. The summed E-state index contributed by atoms with van der Waals surface area (Å²) < 4.78 is 0.489. The molecular formula is C21H26N2O5S2. The topological polar surface area (TPSA) is 101 Å². The van der Waals surface area contributed by atoms with Gasteiger partial charge in [0.15, 0.2) is 0 Å². The van der Waals surface area contributed by atoms with E-state index in [1.165, 1.54) is 17.8 Å². The summed E-state index contributed by atoms with van der Waals surface area (Å²) in [5.74, 6) is -0.927. The van der Waals surface area contributed by atoms with Crippen molar-refractivity contribution in [3.05, 3.63) is 44.8 Å². The second-order valence-electron chi connectivity index (χ2n) is 7.12. The standard InChI is InChI=1S/C21H26N2O5S2/c24-19(25)13-7-5-3-1-2-4-6-10-14-22-20(26)18(30-21(22)29)15-16-11-8-9-12-17(16)23(27)28/h8-9,11-12,15H,1-7,10,13-14H2,(H,24,25)/b18-15-. The summed E-state index contributed by atoms with van der Waals surface area (Å²) in [5, 5.41) is 19.8. The van der Waals surface area contributed by atoms with E-state index in [2.05, 4.69) is 0 Å². The average molecular weight is 451 g/mol. The van der Waals surface area contributed by atoms with Crippen LogP contribution >= 0.6 is 24.0 Å². The zero-order chi connectivity index (χ0) is 21.9. The molecule has 1 amide bonds. The summed E-state index contributed by atoms with van der Waals surface area (Å²) in [6, 6.07) is 6.33. The molecule has 0 aliphatic carbocycles. The van der Waals surface area contributed by atoms with E-state index in [1.807, 2.05) is 0 Å². The van der Waals surface area contributed by atoms with Crippen molar-refractivity contribution in [3.8, 4) is 0 Å². The lowest BCUT2D eigenvalue weighted by atomic mass is 10.1. The number of carboxylic acids is 1. The second-order valence-corrected chi connectivity index (χ2v) is 8.80. The Hall–Kier alpha value is -2.26. The molecule has 9 heteroatoms. The summed E-state index contributed by atoms with van der Waals surface area (Å²) in [5.41, 5.74) is 0.358. The number of hydrogen-bond acceptors (Lipinski definition) is 6. The van der Waals surface area contributed by atoms with Crippen LogP contribution in [0.4, 0.5) is 5.69 Å². The number of carbonyl (C=O) groups is 2. The van der Waals surface area contributed by atoms with Crippen LogP contribution < -0.4 is 0 Å². The van der Waals surface area contributed by atoms with E-state index in [0.29, 0.717) is 21.3 Å². The Morgan fingerprint density at radius 1 is 1.10 bits per heavy atom. The van der Waals surface area contributed by atoms with Gasteiger partial charge in [-0.25, -0.2) is 0 Å². The van der Waals surface area contributed by atoms with E-state index < -0.39 is 10.9 Å². The monoisotopic (exact) mass is 450 g/mol. The number of aliphatic carboxylic acids is 1. The summed E-state index contributed by atoms with van der Waals surface area (Å²) in [4.78, 5) is 35.8. The lowest BCUT2D eigenvalue weighted by Crippen LogP contribution is -2.29. The van der Waals surface area contributed by atoms with Gasteiger partial charge in [-0.3, -0.25) is 24.6 Å². The van der Waals surface area contributed by atoms with Crippen LogP contribution in [0.25, 0.3) is 6.08 Å². The number of nitro groups is 1. The number of nitrogens with zero attached hydrogens (tertiary/aromatic N) is 2. The largest absolute Gasteiger partial charge is 0.481 e. The number of hydrogen-bond donors (Lipinski definition) is 1. The molecule has 1 aromatic carbocycles. The molecule has 2 rings (SSSR count). The van der Waals surface area contributed by atoms with Crippen molar-refractivity contribution < 1.29 is 19.6 Å². The molecule has 0 spiro atoms. The summed E-state index contributed by atoms with van der Waals surface area (Å²) in [6.45, 7) is 0.553. The van der Waals surface area contributed by atoms with E-state index in [9.17, 15) is 19.7 Å². The van der Waals surface area contributed by atoms with Crippen LogP contribution in [0.15, 0.2) is 29.2 Å². The smallest absolute Gasteiger partial charge is 0.303 e. The Labute approximate surface area is 185 Å². The van der Waals surface area contributed by atoms with Crippen LogP contribution in [-0.2, 0) is 9.59 Å². The third-order valence-electron chi connectivity index (χ3n) is 4.82. The summed E-state index contributed by atoms with van der Waals surface area (Å²) >= 11 is 6.51. The van der Waals surface area contributed by atoms with Crippen LogP contribution in [0.3, 0.4) is 0 Å². The highest BCUT2D eigenvalue weighted by Gasteiger charge is 2.32. The van der Waals surface area contributed by atoms with E-state index in [-0.39, 0.29) is 18.0 Å². The zero-order valence-corrected chi connectivity index (χ0v) is 18.4. The van der Waals surface area contributed by atoms with Crippen LogP contribution in [0.2, 0.25) is 0 Å². The van der Waals surface area contributed by atoms with Gasteiger partial charge < -0.3 is 5.11 Å². The number of rotatable bonds is 13. The molecule has 162 valence electrons. The molecule has 0 aromatic heterocycles. The minimum Gasteiger partial charge on any atom is -0.481 e. The number of nitro benzene ring substituents is 1. The van der Waals surface area contributed by atoms with Gasteiger partial charge in [0.2, 0.25) is 0 Å². The first-order valence-electron chi connectivity index (χ1n) is 10.1. The lowest BCUT2D eigenvalue weighted by molar-refractivity contribution is -0.385. The fraction of sp³-hybridized carbons (Fsp3) is 0.476. The maximum absolute atomic E-state index is 12.7. The second kappa shape index (κ2) is 12.4. The molecule has 1 fully saturated rings. The molecule has 0 unspecified atom stereocenters. The van der Waals surface area contributed by atoms with Crippen molar-refractivity contribution >= 4 is 51.9 Å². The van der Waals surface area contributed by atoms with Gasteiger partial charge in [-0.05, 0) is 25.0 Å². The third-order valence-corrected chi connectivity index (χ3v) is 6.19. The number of unbranched alkanes of at least 4 members (excludes halogenated alkanes) is 7. The highest BCUT2D eigenvalue weighted by molar-refractivity contribution is 8.26. The SMILES string of the molecule is O=C(O)CCCCCCCCCCN1C(=O)/C(=C/c2ccccc2[N+](=O)[O-])SC1=S. The minimum absolute atomic E-state index is 0.0364. The number of carbonyl (C=O) groups excluding carboxylic acids is 1. The van der Waals surface area contributed by atoms with E-state index >= 15 is 0 Å². The highest BCUT2D eigenvalue weighted by Crippen LogP contribution is 2.34. The van der Waals surface area contributed by atoms with Gasteiger partial charge in [0.1, 0.15) is 4.32 Å². The predicted octanol–water partition coefficient (Wildman–Crippen LogP) is 5.39. The molecule has 1 aliphatic rings. The van der Waals surface area contributed by atoms with Gasteiger partial charge >= 0.3 is 5.97 Å². The molecule has 1 aliphatic heterocycles. The molecule has 1 aromatic rings. The average Bonchev–Trinajstić information content (AvgIpc) is 2.96. The summed E-state index contributed by atoms with van der Waals surface area (Å²) in [7, 11) is 0. The molecular weight excluding hydrogens is 424 g/mol. The summed E-state index contributed by atoms with van der Waals surface area (Å²) in [6.07, 6.45) is 9.65. The van der Waals surface area contributed by atoms with Gasteiger partial charge in [-0.15, -0.1) is 0 Å². The van der Waals surface area contributed by atoms with Crippen molar-refractivity contribution in [3.63, 3.8) is 0 Å². The van der Waals surface area contributed by atoms with E-state index in [4.69, 9.17) is 17.3 Å². The van der Waals surface area contributed by atoms with Crippen molar-refractivity contribution in [1.29, 1.82) is 0 Å². The molecule has 30 heavy (non-hydrogen) atoms. The molecule has 1 N–H and O–H groups in total. The first-order valence-corrected chi connectivity index (χ1v) is 11.3. The molecule has 0 radical (unpaired) electrons. The zero-order valence-electron chi connectivity index (χ0n) is 16.7. The Bertz CT molecular complexity index is 825. The van der Waals surface area contributed by atoms with Crippen LogP contribution in [0.1, 0.15) is 63.4 Å². The maximum Gasteiger partial charge on any atom is 0.303 e. The number of thioether (sulfide) groups is 1. The number of benzene rings is 1. The Balaban J connectivity index is 1.73. The Morgan fingerprint density at radius 2 is 1.70 bits per heavy atom. The predicted molar refractivity (Wildman–Crippen MR) is 122 cm³/mol. The first-order chi connectivity index (χ1) is 14.4. The molecule has 0 saturated carbocycles. The lowest BCUT2D eigenvalue weighted by Gasteiger charge is -2.14. The van der Waals surface area contributed by atoms with Crippen LogP contribution in [-0.4, -0.2) is 37.7 Å². The van der Waals surface area contributed by atoms with Crippen molar-refractivity contribution in [2.24, 2.45) is 0 Å². The fourth-order valence-corrected chi connectivity index (χ4v) is 4.52. The quantitative estimate of drug-likeness (QED) is 0.141. The molecule has 7 nitrogen and oxygen atoms in total. The Morgan fingerprint density at radius 3 is 2.33 bits per heavy atom. The van der Waals surface area contributed by atoms with Gasteiger partial charge in [0.05, 0.1) is 15.4 Å². The molecule has 0 atom stereocenters. The van der Waals surface area contributed by atoms with Crippen molar-refractivity contribution in [1.82, 2.24) is 4.90 Å². The minimum atomic E-state index is -0.734. The van der Waals surface area contributed by atoms with E-state index in [0.717, 1.165) is 51.4 Å². The molecule has 0 bridgehead atoms. The van der Waals surface area contributed by atoms with Gasteiger partial charge in [-0.1, -0.05) is 74.6 Å². The molecule has 1 saturated heterocycles. The number of thiocarbonyl (C=S) groups is 1. The maximum atomic E-state index is 12.7. The number of amides is 1. The van der Waals surface area contributed by atoms with Crippen molar-refractivity contribution in [2.75, 3.05) is 6.54 Å². The molecule has 1 heterocycles. The number of carboxylic acid groups (broad SMARTS) is 1. The first kappa shape index (κ1) is 24.0. The van der Waals surface area contributed by atoms with Gasteiger partial charge in [0.25, 0.3) is 11.6 Å². The van der Waals surface area contributed by atoms with Gasteiger partial charge in [-0.2, -0.15) is 0 Å². The van der Waals surface area contributed by atoms with Crippen LogP contribution in [0, 0.1) is 10.1 Å². The Kier molecular flexibility index (Phi) is 9.96. The van der Waals surface area contributed by atoms with Gasteiger partial charge in [0, 0.05) is 19.0 Å². The third kappa shape index (κ3) is 7.53.